The Hall–Kier alpha value is -6.91. The Kier molecular flexibility index (Phi) is 17.8. The summed E-state index contributed by atoms with van der Waals surface area (Å²) in [5.74, 6) is -5.71. The number of hydrazine groups is 1. The van der Waals surface area contributed by atoms with Crippen LogP contribution in [0.15, 0.2) is 104 Å². The van der Waals surface area contributed by atoms with Crippen LogP contribution in [0.4, 0.5) is 0 Å². The van der Waals surface area contributed by atoms with E-state index in [2.05, 4.69) is 30.7 Å². The Morgan fingerprint density at radius 1 is 0.687 bits per heavy atom. The van der Waals surface area contributed by atoms with Gasteiger partial charge in [0.1, 0.15) is 0 Å². The Morgan fingerprint density at radius 3 is 1.87 bits per heavy atom. The summed E-state index contributed by atoms with van der Waals surface area (Å²) in [6.07, 6.45) is 8.32. The van der Waals surface area contributed by atoms with Gasteiger partial charge >= 0.3 is 0 Å². The Labute approximate surface area is 390 Å². The molecule has 3 aromatic carbocycles. The second-order valence-electron chi connectivity index (χ2n) is 18.0. The van der Waals surface area contributed by atoms with Gasteiger partial charge in [0.15, 0.2) is 11.6 Å². The fourth-order valence-electron chi connectivity index (χ4n) is 8.56. The van der Waals surface area contributed by atoms with Gasteiger partial charge in [0.05, 0.1) is 30.2 Å². The molecular formula is C51H64N10O6. The first-order chi connectivity index (χ1) is 32.3. The number of carbonyl (C=O) groups is 6. The van der Waals surface area contributed by atoms with Crippen molar-refractivity contribution in [2.45, 2.75) is 90.1 Å². The summed E-state index contributed by atoms with van der Waals surface area (Å²) in [5.41, 5.74) is 25.5. The fraction of sp³-hybridized carbons (Fsp3) is 0.392. The van der Waals surface area contributed by atoms with Crippen LogP contribution in [0.3, 0.4) is 0 Å². The van der Waals surface area contributed by atoms with Crippen molar-refractivity contribution >= 4 is 57.0 Å². The van der Waals surface area contributed by atoms with Gasteiger partial charge in [-0.3, -0.25) is 39.2 Å². The third-order valence-corrected chi connectivity index (χ3v) is 12.2. The molecule has 0 saturated carbocycles. The standard InChI is InChI=1S/C51H64N10O6/c1-32(2)30-61(60-51(67)35(21-37-27-56-43-17-8-6-15-40(37)43)24-46(62)42(53)26-39-29-55-31-58-39)48(64)25-36(22-38-28-57-44-18-9-7-16-41(38)44)50(66)59-45(20-33-12-4-3-5-13-33)47(63)23-34(49(54)65)14-10-11-19-52/h3-9,12-13,15-18,27-29,31-32,34-36,42,45,56-57H,10-11,14,19-26,30,52-53H2,1-2H3,(H2,54,65)(H,55,58)(H,59,66)(H,60,67)/t34-,35+,36-,42+,45-/m1/s1. The number of fused-ring (bicyclic) bond motifs is 2. The minimum Gasteiger partial charge on any atom is -0.369 e. The quantitative estimate of drug-likeness (QED) is 0.0276. The highest BCUT2D eigenvalue weighted by atomic mass is 16.2. The maximum Gasteiger partial charge on any atom is 0.242 e. The number of Topliss-reactive ketones (excluding diaryl/α,β-unsaturated/α-hetero) is 2. The molecule has 0 unspecified atom stereocenters. The van der Waals surface area contributed by atoms with Gasteiger partial charge < -0.3 is 37.5 Å². The number of primary amides is 1. The van der Waals surface area contributed by atoms with Crippen LogP contribution in [0, 0.1) is 23.7 Å². The molecule has 0 fully saturated rings. The second kappa shape index (κ2) is 24.0. The first kappa shape index (κ1) is 49.5. The molecule has 11 N–H and O–H groups in total. The van der Waals surface area contributed by atoms with Crippen molar-refractivity contribution in [1.82, 2.24) is 35.7 Å². The van der Waals surface area contributed by atoms with Crippen molar-refractivity contribution in [2.75, 3.05) is 13.1 Å². The minimum atomic E-state index is -1.04. The second-order valence-corrected chi connectivity index (χ2v) is 18.0. The average molecular weight is 913 g/mol. The minimum absolute atomic E-state index is 0.104. The first-order valence-corrected chi connectivity index (χ1v) is 23.1. The number of carbonyl (C=O) groups excluding carboxylic acids is 6. The number of aromatic nitrogens is 4. The van der Waals surface area contributed by atoms with Gasteiger partial charge in [-0.25, -0.2) is 4.98 Å². The summed E-state index contributed by atoms with van der Waals surface area (Å²) in [6.45, 7) is 4.35. The lowest BCUT2D eigenvalue weighted by Crippen LogP contribution is -2.52. The number of nitrogens with zero attached hydrogens (tertiary/aromatic N) is 2. The molecule has 0 spiro atoms. The molecule has 0 saturated heterocycles. The summed E-state index contributed by atoms with van der Waals surface area (Å²) in [5, 5.41) is 5.99. The maximum atomic E-state index is 14.7. The van der Waals surface area contributed by atoms with Gasteiger partial charge in [0.2, 0.25) is 23.6 Å². The lowest BCUT2D eigenvalue weighted by Gasteiger charge is -2.29. The SMILES string of the molecule is CC(C)CN(NC(=O)[C@H](CC(=O)[C@@H](N)Cc1cnc[nH]1)Cc1c[nH]c2ccccc12)C(=O)C[C@@H](Cc1c[nH]c2ccccc12)C(=O)N[C@H](Cc1ccccc1)C(=O)C[C@@H](CCCCN)C(N)=O. The zero-order valence-corrected chi connectivity index (χ0v) is 38.3. The van der Waals surface area contributed by atoms with E-state index < -0.39 is 53.5 Å². The number of H-pyrrole nitrogens is 3. The molecule has 354 valence electrons. The molecular weight excluding hydrogens is 849 g/mol. The summed E-state index contributed by atoms with van der Waals surface area (Å²) in [7, 11) is 0. The molecule has 5 atom stereocenters. The Balaban J connectivity index is 1.27. The average Bonchev–Trinajstić information content (AvgIpc) is 4.09. The third kappa shape index (κ3) is 14.0. The molecule has 3 aromatic heterocycles. The molecule has 4 amide bonds. The van der Waals surface area contributed by atoms with Gasteiger partial charge in [-0.2, -0.15) is 0 Å². The number of unbranched alkanes of at least 4 members (excludes halogenated alkanes) is 1. The van der Waals surface area contributed by atoms with E-state index in [1.807, 2.05) is 98.9 Å². The van der Waals surface area contributed by atoms with Crippen LogP contribution in [0.25, 0.3) is 21.8 Å². The number of hydrogen-bond donors (Lipinski definition) is 8. The largest absolute Gasteiger partial charge is 0.369 e. The van der Waals surface area contributed by atoms with Crippen LogP contribution >= 0.6 is 0 Å². The molecule has 3 heterocycles. The number of ketones is 2. The number of amides is 4. The fourth-order valence-corrected chi connectivity index (χ4v) is 8.56. The van der Waals surface area contributed by atoms with Crippen molar-refractivity contribution in [3.8, 4) is 0 Å². The molecule has 0 bridgehead atoms. The first-order valence-electron chi connectivity index (χ1n) is 23.1. The van der Waals surface area contributed by atoms with E-state index in [1.165, 1.54) is 11.3 Å². The van der Waals surface area contributed by atoms with Crippen LogP contribution in [-0.2, 0) is 54.5 Å². The van der Waals surface area contributed by atoms with E-state index in [1.54, 1.807) is 12.4 Å². The van der Waals surface area contributed by atoms with Gasteiger partial charge in [-0.15, -0.1) is 0 Å². The van der Waals surface area contributed by atoms with E-state index in [0.717, 1.165) is 38.5 Å². The Morgan fingerprint density at radius 2 is 1.28 bits per heavy atom. The van der Waals surface area contributed by atoms with Crippen LogP contribution in [0.2, 0.25) is 0 Å². The summed E-state index contributed by atoms with van der Waals surface area (Å²) >= 11 is 0. The van der Waals surface area contributed by atoms with E-state index in [0.29, 0.717) is 31.5 Å². The predicted molar refractivity (Wildman–Crippen MR) is 257 cm³/mol. The summed E-state index contributed by atoms with van der Waals surface area (Å²) < 4.78 is 0. The molecule has 0 radical (unpaired) electrons. The number of hydrogen-bond acceptors (Lipinski definition) is 9. The zero-order chi connectivity index (χ0) is 47.9. The van der Waals surface area contributed by atoms with Crippen LogP contribution in [0.1, 0.15) is 74.8 Å². The molecule has 16 nitrogen and oxygen atoms in total. The van der Waals surface area contributed by atoms with Crippen molar-refractivity contribution in [1.29, 1.82) is 0 Å². The van der Waals surface area contributed by atoms with Crippen LogP contribution < -0.4 is 27.9 Å². The lowest BCUT2D eigenvalue weighted by molar-refractivity contribution is -0.146. The van der Waals surface area contributed by atoms with Crippen molar-refractivity contribution in [2.24, 2.45) is 40.9 Å². The molecule has 0 aliphatic heterocycles. The van der Waals surface area contributed by atoms with Crippen molar-refractivity contribution < 1.29 is 28.8 Å². The van der Waals surface area contributed by atoms with Crippen LogP contribution in [0.5, 0.6) is 0 Å². The molecule has 6 rings (SSSR count). The van der Waals surface area contributed by atoms with Gasteiger partial charge in [0, 0.05) is 84.2 Å². The number of rotatable bonds is 26. The van der Waals surface area contributed by atoms with Gasteiger partial charge in [-0.05, 0) is 73.4 Å². The molecule has 6 aromatic rings. The molecule has 67 heavy (non-hydrogen) atoms. The highest BCUT2D eigenvalue weighted by Crippen LogP contribution is 2.26. The number of imidazole rings is 1. The van der Waals surface area contributed by atoms with Gasteiger partial charge in [0.25, 0.3) is 0 Å². The van der Waals surface area contributed by atoms with Crippen molar-refractivity contribution in [3.63, 3.8) is 0 Å². The highest BCUT2D eigenvalue weighted by Gasteiger charge is 2.34. The van der Waals surface area contributed by atoms with E-state index in [-0.39, 0.29) is 69.0 Å². The monoisotopic (exact) mass is 913 g/mol. The molecule has 0 aliphatic carbocycles. The summed E-state index contributed by atoms with van der Waals surface area (Å²) in [4.78, 5) is 97.8. The third-order valence-electron chi connectivity index (χ3n) is 12.2. The maximum absolute atomic E-state index is 14.7. The van der Waals surface area contributed by atoms with Crippen LogP contribution in [-0.4, -0.2) is 85.3 Å². The predicted octanol–water partition coefficient (Wildman–Crippen LogP) is 4.74. The summed E-state index contributed by atoms with van der Waals surface area (Å²) in [6, 6.07) is 22.6. The number of para-hydroxylation sites is 2. The number of nitrogens with one attached hydrogen (secondary N) is 5. The number of nitrogens with two attached hydrogens (primary N) is 3. The highest BCUT2D eigenvalue weighted by molar-refractivity contribution is 5.95. The molecule has 16 heteroatoms. The Bertz CT molecular complexity index is 2590. The molecule has 0 aliphatic rings. The van der Waals surface area contributed by atoms with E-state index in [4.69, 9.17) is 17.2 Å². The smallest absolute Gasteiger partial charge is 0.242 e. The van der Waals surface area contributed by atoms with E-state index in [9.17, 15) is 28.8 Å². The normalized spacial score (nSPS) is 13.7. The lowest BCUT2D eigenvalue weighted by atomic mass is 9.89. The number of aromatic amines is 3. The van der Waals surface area contributed by atoms with Crippen molar-refractivity contribution in [3.05, 3.63) is 126 Å². The topological polar surface area (TPSA) is 268 Å². The number of benzene rings is 3. The van der Waals surface area contributed by atoms with Gasteiger partial charge in [-0.1, -0.05) is 87.0 Å². The van der Waals surface area contributed by atoms with E-state index >= 15 is 0 Å². The zero-order valence-electron chi connectivity index (χ0n) is 38.3.